The van der Waals surface area contributed by atoms with Crippen molar-refractivity contribution in [1.82, 2.24) is 0 Å². The molecular formula is C3H3ClNS. The van der Waals surface area contributed by atoms with Crippen LogP contribution in [-0.4, -0.2) is 5.17 Å². The van der Waals surface area contributed by atoms with Gasteiger partial charge in [0.05, 0.1) is 0 Å². The number of rotatable bonds is 0. The molecule has 0 aromatic carbocycles. The normalized spacial score (nSPS) is 21.2. The average molecular weight is 121 g/mol. The lowest BCUT2D eigenvalue weighted by molar-refractivity contribution is 1.53. The number of nitrogens with zero attached hydrogens (tertiary/aromatic N) is 1. The molecule has 0 aliphatic carbocycles. The summed E-state index contributed by atoms with van der Waals surface area (Å²) in [6, 6.07) is 0. The van der Waals surface area contributed by atoms with Gasteiger partial charge in [0, 0.05) is 12.2 Å². The molecule has 0 aromatic rings. The summed E-state index contributed by atoms with van der Waals surface area (Å²) in [5, 5.41) is 0.708. The Morgan fingerprint density at radius 3 is 3.00 bits per heavy atom. The van der Waals surface area contributed by atoms with Gasteiger partial charge in [-0.3, -0.25) is 0 Å². The Morgan fingerprint density at radius 1 is 2.00 bits per heavy atom. The minimum atomic E-state index is 0.708. The molecular weight excluding hydrogens is 118 g/mol. The molecule has 0 saturated heterocycles. The van der Waals surface area contributed by atoms with E-state index in [0.29, 0.717) is 5.17 Å². The van der Waals surface area contributed by atoms with E-state index >= 15 is 0 Å². The van der Waals surface area contributed by atoms with Crippen molar-refractivity contribution in [3.63, 3.8) is 0 Å². The van der Waals surface area contributed by atoms with Gasteiger partial charge in [0.2, 0.25) is 0 Å². The minimum Gasteiger partial charge on any atom is -0.209 e. The Morgan fingerprint density at radius 2 is 2.83 bits per heavy atom. The zero-order valence-electron chi connectivity index (χ0n) is 3.02. The lowest BCUT2D eigenvalue weighted by Crippen LogP contribution is -1.72. The van der Waals surface area contributed by atoms with E-state index in [-0.39, 0.29) is 0 Å². The molecule has 0 saturated carbocycles. The minimum absolute atomic E-state index is 0.708. The van der Waals surface area contributed by atoms with Gasteiger partial charge in [-0.05, 0) is 11.9 Å². The monoisotopic (exact) mass is 120 g/mol. The zero-order chi connectivity index (χ0) is 4.41. The van der Waals surface area contributed by atoms with E-state index < -0.39 is 0 Å². The van der Waals surface area contributed by atoms with E-state index in [4.69, 9.17) is 11.6 Å². The quantitative estimate of drug-likeness (QED) is 0.445. The second-order valence-corrected chi connectivity index (χ2v) is 2.11. The van der Waals surface area contributed by atoms with Crippen molar-refractivity contribution in [2.24, 2.45) is 4.40 Å². The van der Waals surface area contributed by atoms with Crippen molar-refractivity contribution in [3.05, 3.63) is 5.75 Å². The fourth-order valence-electron chi connectivity index (χ4n) is 0.238. The summed E-state index contributed by atoms with van der Waals surface area (Å²) in [6.07, 6.45) is 0.840. The molecule has 0 bridgehead atoms. The van der Waals surface area contributed by atoms with Gasteiger partial charge in [-0.1, -0.05) is 11.6 Å². The van der Waals surface area contributed by atoms with E-state index in [9.17, 15) is 0 Å². The van der Waals surface area contributed by atoms with Crippen molar-refractivity contribution in [2.45, 2.75) is 6.42 Å². The second kappa shape index (κ2) is 1.85. The van der Waals surface area contributed by atoms with Crippen molar-refractivity contribution >= 4 is 28.7 Å². The first kappa shape index (κ1) is 4.47. The van der Waals surface area contributed by atoms with Crippen LogP contribution in [-0.2, 0) is 0 Å². The molecule has 3 heteroatoms. The molecule has 1 heterocycles. The summed E-state index contributed by atoms with van der Waals surface area (Å²) < 4.78 is 3.78. The van der Waals surface area contributed by atoms with Gasteiger partial charge in [-0.2, -0.15) is 0 Å². The summed E-state index contributed by atoms with van der Waals surface area (Å²) >= 11 is 6.82. The molecule has 0 unspecified atom stereocenters. The van der Waals surface area contributed by atoms with Gasteiger partial charge in [0.25, 0.3) is 0 Å². The van der Waals surface area contributed by atoms with E-state index in [0.717, 1.165) is 6.42 Å². The molecule has 1 radical (unpaired) electrons. The van der Waals surface area contributed by atoms with E-state index in [1.807, 2.05) is 5.75 Å². The highest BCUT2D eigenvalue weighted by Gasteiger charge is 2.01. The molecule has 1 aliphatic heterocycles. The van der Waals surface area contributed by atoms with Crippen LogP contribution in [0, 0.1) is 5.75 Å². The standard InChI is InChI=1S/C3H3ClNS/c4-3-1-2-6-5-3/h2H,1H2. The molecule has 0 fully saturated rings. The molecule has 0 amide bonds. The fraction of sp³-hybridized carbons (Fsp3) is 0.333. The third-order valence-corrected chi connectivity index (χ3v) is 1.46. The van der Waals surface area contributed by atoms with Crippen LogP contribution in [0.5, 0.6) is 0 Å². The lowest BCUT2D eigenvalue weighted by Gasteiger charge is -1.70. The SMILES string of the molecule is ClC1=NS[CH]C1. The molecule has 1 aliphatic rings. The highest BCUT2D eigenvalue weighted by molar-refractivity contribution is 8.00. The highest BCUT2D eigenvalue weighted by atomic mass is 35.5. The van der Waals surface area contributed by atoms with E-state index in [2.05, 4.69) is 4.40 Å². The summed E-state index contributed by atoms with van der Waals surface area (Å²) in [7, 11) is 0. The Bertz CT molecular complexity index is 80.9. The van der Waals surface area contributed by atoms with Gasteiger partial charge >= 0.3 is 0 Å². The summed E-state index contributed by atoms with van der Waals surface area (Å²) in [5.41, 5.74) is 0. The van der Waals surface area contributed by atoms with Gasteiger partial charge < -0.3 is 0 Å². The third kappa shape index (κ3) is 0.884. The van der Waals surface area contributed by atoms with Crippen LogP contribution >= 0.6 is 23.5 Å². The summed E-state index contributed by atoms with van der Waals surface area (Å²) in [6.45, 7) is 0. The molecule has 1 nitrogen and oxygen atoms in total. The maximum Gasteiger partial charge on any atom is 0.115 e. The Labute approximate surface area is 45.9 Å². The lowest BCUT2D eigenvalue weighted by atomic mass is 10.5. The zero-order valence-corrected chi connectivity index (χ0v) is 4.59. The van der Waals surface area contributed by atoms with Crippen molar-refractivity contribution in [3.8, 4) is 0 Å². The molecule has 6 heavy (non-hydrogen) atoms. The molecule has 0 atom stereocenters. The number of hydrogen-bond acceptors (Lipinski definition) is 2. The van der Waals surface area contributed by atoms with Gasteiger partial charge in [0.15, 0.2) is 0 Å². The first-order chi connectivity index (χ1) is 2.89. The Kier molecular flexibility index (Phi) is 1.37. The molecule has 33 valence electrons. The van der Waals surface area contributed by atoms with Gasteiger partial charge in [-0.25, -0.2) is 4.40 Å². The van der Waals surface area contributed by atoms with Crippen LogP contribution in [0.1, 0.15) is 6.42 Å². The maximum atomic E-state index is 5.41. The molecule has 0 N–H and O–H groups in total. The van der Waals surface area contributed by atoms with Crippen LogP contribution in [0.2, 0.25) is 0 Å². The van der Waals surface area contributed by atoms with Crippen LogP contribution in [0.4, 0.5) is 0 Å². The third-order valence-electron chi connectivity index (χ3n) is 0.478. The maximum absolute atomic E-state index is 5.41. The average Bonchev–Trinajstić information content (AvgIpc) is 1.86. The topological polar surface area (TPSA) is 12.4 Å². The van der Waals surface area contributed by atoms with Crippen LogP contribution in [0.25, 0.3) is 0 Å². The van der Waals surface area contributed by atoms with Crippen molar-refractivity contribution in [2.75, 3.05) is 0 Å². The first-order valence-corrected chi connectivity index (χ1v) is 2.81. The first-order valence-electron chi connectivity index (χ1n) is 1.59. The van der Waals surface area contributed by atoms with Crippen LogP contribution in [0.3, 0.4) is 0 Å². The summed E-state index contributed by atoms with van der Waals surface area (Å²) in [5.74, 6) is 1.96. The molecule has 0 aromatic heterocycles. The fourth-order valence-corrected chi connectivity index (χ4v) is 1.02. The van der Waals surface area contributed by atoms with Gasteiger partial charge in [-0.15, -0.1) is 0 Å². The number of hydrogen-bond donors (Lipinski definition) is 0. The predicted octanol–water partition coefficient (Wildman–Crippen LogP) is 1.84. The van der Waals surface area contributed by atoms with Crippen molar-refractivity contribution < 1.29 is 0 Å². The Hall–Kier alpha value is 0.310. The highest BCUT2D eigenvalue weighted by Crippen LogP contribution is 2.20. The van der Waals surface area contributed by atoms with Crippen molar-refractivity contribution in [1.29, 1.82) is 0 Å². The van der Waals surface area contributed by atoms with Crippen LogP contribution in [0.15, 0.2) is 4.40 Å². The Balaban J connectivity index is 2.45. The second-order valence-electron chi connectivity index (χ2n) is 0.944. The van der Waals surface area contributed by atoms with Gasteiger partial charge in [0.1, 0.15) is 5.17 Å². The van der Waals surface area contributed by atoms with E-state index in [1.165, 1.54) is 11.9 Å². The largest absolute Gasteiger partial charge is 0.209 e. The van der Waals surface area contributed by atoms with Crippen LogP contribution < -0.4 is 0 Å². The van der Waals surface area contributed by atoms with E-state index in [1.54, 1.807) is 0 Å². The number of halogens is 1. The molecule has 0 spiro atoms. The summed E-state index contributed by atoms with van der Waals surface area (Å²) in [4.78, 5) is 0. The molecule has 1 rings (SSSR count). The predicted molar refractivity (Wildman–Crippen MR) is 29.8 cm³/mol. The smallest absolute Gasteiger partial charge is 0.115 e.